The first-order valence-corrected chi connectivity index (χ1v) is 7.81. The molecular formula is C20H18FNO2. The van der Waals surface area contributed by atoms with E-state index in [1.807, 2.05) is 37.3 Å². The summed E-state index contributed by atoms with van der Waals surface area (Å²) in [5.41, 5.74) is 1.43. The van der Waals surface area contributed by atoms with Crippen LogP contribution in [0, 0.1) is 5.82 Å². The fraction of sp³-hybridized carbons (Fsp3) is 0.150. The lowest BCUT2D eigenvalue weighted by Gasteiger charge is -2.10. The Balaban J connectivity index is 2.05. The molecule has 0 atom stereocenters. The van der Waals surface area contributed by atoms with Gasteiger partial charge >= 0.3 is 0 Å². The van der Waals surface area contributed by atoms with E-state index in [2.05, 4.69) is 5.32 Å². The van der Waals surface area contributed by atoms with Gasteiger partial charge in [-0.15, -0.1) is 0 Å². The number of carbonyl (C=O) groups excluding carboxylic acids is 1. The molecule has 0 unspecified atom stereocenters. The predicted octanol–water partition coefficient (Wildman–Crippen LogP) is 4.65. The van der Waals surface area contributed by atoms with Crippen molar-refractivity contribution in [3.8, 4) is 5.75 Å². The molecule has 0 radical (unpaired) electrons. The molecule has 0 amide bonds. The molecule has 0 saturated heterocycles. The third-order valence-electron chi connectivity index (χ3n) is 3.88. The maximum absolute atomic E-state index is 13.6. The second kappa shape index (κ2) is 6.71. The second-order valence-corrected chi connectivity index (χ2v) is 5.43. The molecule has 3 rings (SSSR count). The van der Waals surface area contributed by atoms with Gasteiger partial charge in [0.15, 0.2) is 5.78 Å². The molecule has 0 bridgehead atoms. The molecular weight excluding hydrogens is 305 g/mol. The summed E-state index contributed by atoms with van der Waals surface area (Å²) in [6.07, 6.45) is 0. The van der Waals surface area contributed by atoms with Gasteiger partial charge in [0.2, 0.25) is 0 Å². The average molecular weight is 323 g/mol. The van der Waals surface area contributed by atoms with Gasteiger partial charge in [0.1, 0.15) is 11.6 Å². The Labute approximate surface area is 140 Å². The molecule has 0 saturated carbocycles. The van der Waals surface area contributed by atoms with Crippen LogP contribution in [-0.4, -0.2) is 19.4 Å². The van der Waals surface area contributed by atoms with Gasteiger partial charge in [-0.2, -0.15) is 0 Å². The Morgan fingerprint density at radius 3 is 2.58 bits per heavy atom. The smallest absolute Gasteiger partial charge is 0.195 e. The predicted molar refractivity (Wildman–Crippen MR) is 94.5 cm³/mol. The molecule has 0 heterocycles. The molecule has 0 aliphatic rings. The van der Waals surface area contributed by atoms with Gasteiger partial charge in [0.25, 0.3) is 0 Å². The van der Waals surface area contributed by atoms with Crippen molar-refractivity contribution >= 4 is 22.2 Å². The molecule has 4 heteroatoms. The third-order valence-corrected chi connectivity index (χ3v) is 3.88. The molecule has 0 aliphatic carbocycles. The summed E-state index contributed by atoms with van der Waals surface area (Å²) < 4.78 is 19.1. The highest BCUT2D eigenvalue weighted by molar-refractivity contribution is 6.13. The van der Waals surface area contributed by atoms with Gasteiger partial charge in [-0.25, -0.2) is 4.39 Å². The Bertz CT molecular complexity index is 905. The van der Waals surface area contributed by atoms with E-state index < -0.39 is 5.82 Å². The Morgan fingerprint density at radius 2 is 1.83 bits per heavy atom. The van der Waals surface area contributed by atoms with Crippen LogP contribution >= 0.6 is 0 Å². The van der Waals surface area contributed by atoms with Gasteiger partial charge in [-0.3, -0.25) is 4.79 Å². The lowest BCUT2D eigenvalue weighted by molar-refractivity contribution is 0.103. The van der Waals surface area contributed by atoms with Crippen molar-refractivity contribution in [3.05, 3.63) is 71.5 Å². The van der Waals surface area contributed by atoms with Crippen molar-refractivity contribution < 1.29 is 13.9 Å². The number of rotatable bonds is 5. The number of ether oxygens (including phenoxy) is 1. The molecule has 24 heavy (non-hydrogen) atoms. The number of fused-ring (bicyclic) bond motifs is 1. The number of hydrogen-bond acceptors (Lipinski definition) is 3. The number of ketones is 1. The first-order chi connectivity index (χ1) is 11.6. The highest BCUT2D eigenvalue weighted by Gasteiger charge is 2.15. The number of anilines is 1. The van der Waals surface area contributed by atoms with E-state index in [1.54, 1.807) is 19.2 Å². The summed E-state index contributed by atoms with van der Waals surface area (Å²) in [5.74, 6) is 0.107. The van der Waals surface area contributed by atoms with Crippen molar-refractivity contribution in [1.82, 2.24) is 0 Å². The van der Waals surface area contributed by atoms with Crippen molar-refractivity contribution in [2.45, 2.75) is 6.92 Å². The highest BCUT2D eigenvalue weighted by Crippen LogP contribution is 2.25. The van der Waals surface area contributed by atoms with Crippen LogP contribution < -0.4 is 10.1 Å². The van der Waals surface area contributed by atoms with E-state index in [9.17, 15) is 9.18 Å². The van der Waals surface area contributed by atoms with Crippen LogP contribution in [0.4, 0.5) is 10.1 Å². The minimum Gasteiger partial charge on any atom is -0.494 e. The van der Waals surface area contributed by atoms with Crippen LogP contribution in [0.3, 0.4) is 0 Å². The van der Waals surface area contributed by atoms with Gasteiger partial charge in [-0.1, -0.05) is 18.2 Å². The van der Waals surface area contributed by atoms with Gasteiger partial charge in [0.05, 0.1) is 6.61 Å². The topological polar surface area (TPSA) is 38.3 Å². The number of halogens is 1. The summed E-state index contributed by atoms with van der Waals surface area (Å²) in [4.78, 5) is 12.8. The van der Waals surface area contributed by atoms with Gasteiger partial charge in [0, 0.05) is 23.9 Å². The number of nitrogens with one attached hydrogen (secondary N) is 1. The summed E-state index contributed by atoms with van der Waals surface area (Å²) in [5, 5.41) is 4.86. The number of benzene rings is 3. The largest absolute Gasteiger partial charge is 0.494 e. The zero-order valence-corrected chi connectivity index (χ0v) is 13.6. The molecule has 3 aromatic carbocycles. The fourth-order valence-electron chi connectivity index (χ4n) is 2.70. The minimum atomic E-state index is -0.434. The number of carbonyl (C=O) groups is 1. The van der Waals surface area contributed by atoms with Crippen LogP contribution in [0.25, 0.3) is 10.8 Å². The highest BCUT2D eigenvalue weighted by atomic mass is 19.1. The Hall–Kier alpha value is -2.88. The molecule has 0 aliphatic heterocycles. The summed E-state index contributed by atoms with van der Waals surface area (Å²) in [6, 6.07) is 15.4. The summed E-state index contributed by atoms with van der Waals surface area (Å²) in [6.45, 7) is 2.51. The van der Waals surface area contributed by atoms with E-state index >= 15 is 0 Å². The maximum atomic E-state index is 13.6. The zero-order valence-electron chi connectivity index (χ0n) is 13.6. The first-order valence-electron chi connectivity index (χ1n) is 7.81. The first kappa shape index (κ1) is 16.0. The molecule has 3 aromatic rings. The van der Waals surface area contributed by atoms with Crippen molar-refractivity contribution in [2.24, 2.45) is 0 Å². The second-order valence-electron chi connectivity index (χ2n) is 5.43. The third kappa shape index (κ3) is 3.08. The van der Waals surface area contributed by atoms with Crippen LogP contribution in [0.1, 0.15) is 22.8 Å². The summed E-state index contributed by atoms with van der Waals surface area (Å²) in [7, 11) is 1.71. The standard InChI is InChI=1S/C20H18FNO2/c1-3-24-17-8-6-13-4-5-14(10-15(13)11-17)20(23)18-12-16(21)7-9-19(18)22-2/h4-12,22H,3H2,1-2H3. The maximum Gasteiger partial charge on any atom is 0.195 e. The van der Waals surface area contributed by atoms with Crippen LogP contribution in [-0.2, 0) is 0 Å². The van der Waals surface area contributed by atoms with Gasteiger partial charge < -0.3 is 10.1 Å². The van der Waals surface area contributed by atoms with Crippen LogP contribution in [0.15, 0.2) is 54.6 Å². The van der Waals surface area contributed by atoms with E-state index in [0.29, 0.717) is 23.4 Å². The van der Waals surface area contributed by atoms with Gasteiger partial charge in [-0.05, 0) is 54.1 Å². The average Bonchev–Trinajstić information content (AvgIpc) is 2.60. The molecule has 0 fully saturated rings. The normalized spacial score (nSPS) is 10.6. The van der Waals surface area contributed by atoms with Crippen molar-refractivity contribution in [2.75, 3.05) is 19.0 Å². The van der Waals surface area contributed by atoms with Crippen molar-refractivity contribution in [3.63, 3.8) is 0 Å². The molecule has 122 valence electrons. The molecule has 1 N–H and O–H groups in total. The van der Waals surface area contributed by atoms with Crippen LogP contribution in [0.2, 0.25) is 0 Å². The zero-order chi connectivity index (χ0) is 17.1. The minimum absolute atomic E-state index is 0.220. The van der Waals surface area contributed by atoms with E-state index in [1.165, 1.54) is 12.1 Å². The molecule has 0 spiro atoms. The Morgan fingerprint density at radius 1 is 1.04 bits per heavy atom. The fourth-order valence-corrected chi connectivity index (χ4v) is 2.70. The molecule has 0 aromatic heterocycles. The van der Waals surface area contributed by atoms with Crippen LogP contribution in [0.5, 0.6) is 5.75 Å². The lowest BCUT2D eigenvalue weighted by atomic mass is 9.98. The van der Waals surface area contributed by atoms with E-state index in [0.717, 1.165) is 16.5 Å². The van der Waals surface area contributed by atoms with E-state index in [-0.39, 0.29) is 5.78 Å². The quantitative estimate of drug-likeness (QED) is 0.695. The van der Waals surface area contributed by atoms with E-state index in [4.69, 9.17) is 4.74 Å². The monoisotopic (exact) mass is 323 g/mol. The summed E-state index contributed by atoms with van der Waals surface area (Å²) >= 11 is 0. The molecule has 3 nitrogen and oxygen atoms in total. The van der Waals surface area contributed by atoms with Crippen molar-refractivity contribution in [1.29, 1.82) is 0 Å². The lowest BCUT2D eigenvalue weighted by Crippen LogP contribution is -2.06. The Kier molecular flexibility index (Phi) is 4.47. The number of hydrogen-bond donors (Lipinski definition) is 1. The SMILES string of the molecule is CCOc1ccc2ccc(C(=O)c3cc(F)ccc3NC)cc2c1.